The minimum absolute atomic E-state index is 0.527. The molecule has 0 aliphatic rings. The second-order valence-corrected chi connectivity index (χ2v) is 3.53. The fourth-order valence-electron chi connectivity index (χ4n) is 1.39. The molecular weight excluding hydrogens is 218 g/mol. The highest BCUT2D eigenvalue weighted by Crippen LogP contribution is 2.15. The van der Waals surface area contributed by atoms with Gasteiger partial charge in [-0.25, -0.2) is 0 Å². The number of nitrogens with one attached hydrogen (secondary N) is 1. The first kappa shape index (κ1) is 11.4. The first-order valence-electron chi connectivity index (χ1n) is 5.51. The highest BCUT2D eigenvalue weighted by molar-refractivity contribution is 5.46. The van der Waals surface area contributed by atoms with Gasteiger partial charge in [-0.1, -0.05) is 6.92 Å². The lowest BCUT2D eigenvalue weighted by Crippen LogP contribution is -1.99. The van der Waals surface area contributed by atoms with E-state index in [2.05, 4.69) is 15.5 Å². The summed E-state index contributed by atoms with van der Waals surface area (Å²) in [5.74, 6) is 2.09. The minimum Gasteiger partial charge on any atom is -0.497 e. The summed E-state index contributed by atoms with van der Waals surface area (Å²) in [5, 5.41) is 11.0. The number of anilines is 1. The second kappa shape index (κ2) is 5.34. The van der Waals surface area contributed by atoms with Gasteiger partial charge in [-0.3, -0.25) is 0 Å². The molecule has 0 unspecified atom stereocenters. The minimum atomic E-state index is 0.527. The summed E-state index contributed by atoms with van der Waals surface area (Å²) in [5.41, 5.74) is 0.988. The Hall–Kier alpha value is -2.04. The molecule has 1 heterocycles. The van der Waals surface area contributed by atoms with Gasteiger partial charge in [0.05, 0.1) is 13.7 Å². The van der Waals surface area contributed by atoms with Crippen molar-refractivity contribution in [1.82, 2.24) is 10.2 Å². The van der Waals surface area contributed by atoms with Crippen molar-refractivity contribution in [1.29, 1.82) is 0 Å². The predicted octanol–water partition coefficient (Wildman–Crippen LogP) is 2.25. The zero-order valence-corrected chi connectivity index (χ0v) is 9.93. The molecule has 0 radical (unpaired) electrons. The van der Waals surface area contributed by atoms with Gasteiger partial charge < -0.3 is 14.5 Å². The number of aromatic nitrogens is 2. The average molecular weight is 233 g/mol. The van der Waals surface area contributed by atoms with E-state index >= 15 is 0 Å². The molecule has 0 amide bonds. The van der Waals surface area contributed by atoms with Gasteiger partial charge in [0.15, 0.2) is 0 Å². The van der Waals surface area contributed by atoms with Crippen LogP contribution in [0.1, 0.15) is 18.7 Å². The molecule has 17 heavy (non-hydrogen) atoms. The number of rotatable bonds is 5. The second-order valence-electron chi connectivity index (χ2n) is 3.53. The molecule has 0 aliphatic carbocycles. The zero-order valence-electron chi connectivity index (χ0n) is 9.93. The van der Waals surface area contributed by atoms with E-state index in [-0.39, 0.29) is 0 Å². The van der Waals surface area contributed by atoms with Crippen molar-refractivity contribution in [3.05, 3.63) is 36.0 Å². The highest BCUT2D eigenvalue weighted by atomic mass is 16.5. The summed E-state index contributed by atoms with van der Waals surface area (Å²) in [4.78, 5) is 0. The molecule has 2 aromatic rings. The molecule has 5 nitrogen and oxygen atoms in total. The first-order chi connectivity index (χ1) is 8.31. The van der Waals surface area contributed by atoms with Crippen LogP contribution in [0.3, 0.4) is 0 Å². The van der Waals surface area contributed by atoms with Crippen LogP contribution in [0.15, 0.2) is 28.7 Å². The Morgan fingerprint density at radius 2 is 1.88 bits per heavy atom. The Kier molecular flexibility index (Phi) is 3.59. The molecule has 0 atom stereocenters. The molecule has 1 aromatic carbocycles. The summed E-state index contributed by atoms with van der Waals surface area (Å²) >= 11 is 0. The van der Waals surface area contributed by atoms with Crippen molar-refractivity contribution in [3.63, 3.8) is 0 Å². The number of hydrogen-bond donors (Lipinski definition) is 1. The summed E-state index contributed by atoms with van der Waals surface area (Å²) in [7, 11) is 1.65. The maximum absolute atomic E-state index is 5.39. The Morgan fingerprint density at radius 3 is 2.47 bits per heavy atom. The topological polar surface area (TPSA) is 60.2 Å². The van der Waals surface area contributed by atoms with E-state index in [1.807, 2.05) is 31.2 Å². The Bertz CT molecular complexity index is 465. The summed E-state index contributed by atoms with van der Waals surface area (Å²) in [6.45, 7) is 2.51. The molecule has 0 saturated carbocycles. The standard InChI is InChI=1S/C12H15N3O2/c1-3-11-14-15-12(17-11)8-13-9-4-6-10(16-2)7-5-9/h4-7,13H,3,8H2,1-2H3. The van der Waals surface area contributed by atoms with Gasteiger partial charge in [-0.05, 0) is 24.3 Å². The molecule has 0 spiro atoms. The van der Waals surface area contributed by atoms with Gasteiger partial charge >= 0.3 is 0 Å². The maximum Gasteiger partial charge on any atom is 0.235 e. The molecule has 0 fully saturated rings. The number of methoxy groups -OCH3 is 1. The van der Waals surface area contributed by atoms with Crippen LogP contribution in [0.5, 0.6) is 5.75 Å². The Labute approximate surface area is 99.8 Å². The third kappa shape index (κ3) is 2.96. The number of hydrogen-bond acceptors (Lipinski definition) is 5. The van der Waals surface area contributed by atoms with Gasteiger partial charge in [-0.2, -0.15) is 0 Å². The van der Waals surface area contributed by atoms with Crippen LogP contribution in [0.2, 0.25) is 0 Å². The van der Waals surface area contributed by atoms with Gasteiger partial charge in [0, 0.05) is 12.1 Å². The van der Waals surface area contributed by atoms with Gasteiger partial charge in [0.25, 0.3) is 0 Å². The fraction of sp³-hybridized carbons (Fsp3) is 0.333. The smallest absolute Gasteiger partial charge is 0.235 e. The van der Waals surface area contributed by atoms with E-state index in [0.717, 1.165) is 17.9 Å². The normalized spacial score (nSPS) is 10.2. The van der Waals surface area contributed by atoms with Crippen molar-refractivity contribution >= 4 is 5.69 Å². The lowest BCUT2D eigenvalue weighted by Gasteiger charge is -2.04. The lowest BCUT2D eigenvalue weighted by molar-refractivity contribution is 0.415. The van der Waals surface area contributed by atoms with Crippen molar-refractivity contribution < 1.29 is 9.15 Å². The summed E-state index contributed by atoms with van der Waals surface area (Å²) < 4.78 is 10.5. The molecule has 0 saturated heterocycles. The zero-order chi connectivity index (χ0) is 12.1. The largest absolute Gasteiger partial charge is 0.497 e. The van der Waals surface area contributed by atoms with Gasteiger partial charge in [-0.15, -0.1) is 10.2 Å². The Balaban J connectivity index is 1.92. The third-order valence-corrected chi connectivity index (χ3v) is 2.34. The molecule has 5 heteroatoms. The number of aryl methyl sites for hydroxylation is 1. The number of benzene rings is 1. The SMILES string of the molecule is CCc1nnc(CNc2ccc(OC)cc2)o1. The monoisotopic (exact) mass is 233 g/mol. The lowest BCUT2D eigenvalue weighted by atomic mass is 10.3. The van der Waals surface area contributed by atoms with Crippen LogP contribution in [0.25, 0.3) is 0 Å². The van der Waals surface area contributed by atoms with Crippen molar-refractivity contribution in [2.45, 2.75) is 19.9 Å². The quantitative estimate of drug-likeness (QED) is 0.858. The van der Waals surface area contributed by atoms with Crippen LogP contribution in [-0.2, 0) is 13.0 Å². The molecule has 1 N–H and O–H groups in total. The molecule has 2 rings (SSSR count). The summed E-state index contributed by atoms with van der Waals surface area (Å²) in [6.07, 6.45) is 0.759. The molecule has 90 valence electrons. The van der Waals surface area contributed by atoms with Crippen molar-refractivity contribution in [3.8, 4) is 5.75 Å². The van der Waals surface area contributed by atoms with E-state index in [0.29, 0.717) is 18.3 Å². The molecule has 1 aromatic heterocycles. The first-order valence-corrected chi connectivity index (χ1v) is 5.51. The summed E-state index contributed by atoms with van der Waals surface area (Å²) in [6, 6.07) is 7.67. The average Bonchev–Trinajstić information content (AvgIpc) is 2.85. The van der Waals surface area contributed by atoms with E-state index < -0.39 is 0 Å². The van der Waals surface area contributed by atoms with E-state index in [1.165, 1.54) is 0 Å². The van der Waals surface area contributed by atoms with Crippen LogP contribution in [0.4, 0.5) is 5.69 Å². The molecule has 0 aliphatic heterocycles. The van der Waals surface area contributed by atoms with Crippen LogP contribution < -0.4 is 10.1 Å². The van der Waals surface area contributed by atoms with E-state index in [1.54, 1.807) is 7.11 Å². The number of nitrogens with zero attached hydrogens (tertiary/aromatic N) is 2. The molecule has 0 bridgehead atoms. The van der Waals surface area contributed by atoms with Gasteiger partial charge in [0.1, 0.15) is 5.75 Å². The highest BCUT2D eigenvalue weighted by Gasteiger charge is 2.03. The van der Waals surface area contributed by atoms with Crippen molar-refractivity contribution in [2.24, 2.45) is 0 Å². The molecular formula is C12H15N3O2. The van der Waals surface area contributed by atoms with Crippen LogP contribution >= 0.6 is 0 Å². The Morgan fingerprint density at radius 1 is 1.18 bits per heavy atom. The van der Waals surface area contributed by atoms with Crippen LogP contribution in [0, 0.1) is 0 Å². The van der Waals surface area contributed by atoms with E-state index in [4.69, 9.17) is 9.15 Å². The maximum atomic E-state index is 5.39. The third-order valence-electron chi connectivity index (χ3n) is 2.34. The van der Waals surface area contributed by atoms with Gasteiger partial charge in [0.2, 0.25) is 11.8 Å². The predicted molar refractivity (Wildman–Crippen MR) is 64.0 cm³/mol. The number of ether oxygens (including phenoxy) is 1. The fourth-order valence-corrected chi connectivity index (χ4v) is 1.39. The van der Waals surface area contributed by atoms with E-state index in [9.17, 15) is 0 Å². The van der Waals surface area contributed by atoms with Crippen molar-refractivity contribution in [2.75, 3.05) is 12.4 Å². The van der Waals surface area contributed by atoms with Crippen LogP contribution in [-0.4, -0.2) is 17.3 Å².